The lowest BCUT2D eigenvalue weighted by molar-refractivity contribution is -0.0523. The van der Waals surface area contributed by atoms with Crippen LogP contribution in [-0.4, -0.2) is 52.5 Å². The van der Waals surface area contributed by atoms with Gasteiger partial charge in [-0.05, 0) is 26.0 Å². The van der Waals surface area contributed by atoms with E-state index in [1.54, 1.807) is 38.1 Å². The lowest BCUT2D eigenvalue weighted by Gasteiger charge is -2.24. The number of anilines is 1. The highest BCUT2D eigenvalue weighted by molar-refractivity contribution is 6.00. The largest absolute Gasteiger partial charge is 0.473 e. The van der Waals surface area contributed by atoms with E-state index in [9.17, 15) is 9.90 Å². The first-order chi connectivity index (χ1) is 14.8. The number of ether oxygens (including phenoxy) is 2. The van der Waals surface area contributed by atoms with Crippen LogP contribution in [0.25, 0.3) is 11.4 Å². The summed E-state index contributed by atoms with van der Waals surface area (Å²) in [5.41, 5.74) is 8.15. The number of rotatable bonds is 7. The predicted molar refractivity (Wildman–Crippen MR) is 111 cm³/mol. The van der Waals surface area contributed by atoms with Crippen LogP contribution < -0.4 is 16.0 Å². The Morgan fingerprint density at radius 3 is 2.81 bits per heavy atom. The predicted octanol–water partition coefficient (Wildman–Crippen LogP) is 1.59. The van der Waals surface area contributed by atoms with Gasteiger partial charge in [0.05, 0.1) is 30.4 Å². The summed E-state index contributed by atoms with van der Waals surface area (Å²) < 4.78 is 11.4. The smallest absolute Gasteiger partial charge is 0.284 e. The van der Waals surface area contributed by atoms with Crippen molar-refractivity contribution in [3.63, 3.8) is 0 Å². The number of aliphatic hydroxyl groups is 1. The Labute approximate surface area is 179 Å². The van der Waals surface area contributed by atoms with Gasteiger partial charge in [-0.2, -0.15) is 10.2 Å². The van der Waals surface area contributed by atoms with Crippen molar-refractivity contribution in [2.75, 3.05) is 25.6 Å². The molecule has 0 bridgehead atoms. The van der Waals surface area contributed by atoms with Crippen LogP contribution >= 0.6 is 0 Å². The molecule has 0 radical (unpaired) electrons. The van der Waals surface area contributed by atoms with Crippen LogP contribution in [0.5, 0.6) is 5.88 Å². The van der Waals surface area contributed by atoms with E-state index in [0.717, 1.165) is 0 Å². The van der Waals surface area contributed by atoms with Crippen LogP contribution in [0.2, 0.25) is 0 Å². The number of nitrogen functional groups attached to an aromatic ring is 1. The summed E-state index contributed by atoms with van der Waals surface area (Å²) in [6.45, 7) is 4.03. The molecule has 0 saturated carbocycles. The molecule has 0 aliphatic carbocycles. The first-order valence-electron chi connectivity index (χ1n) is 9.84. The van der Waals surface area contributed by atoms with E-state index in [-0.39, 0.29) is 35.8 Å². The quantitative estimate of drug-likeness (QED) is 0.559. The van der Waals surface area contributed by atoms with Gasteiger partial charge in [0.1, 0.15) is 24.1 Å². The number of nitrogens with zero attached hydrogens (tertiary/aromatic N) is 3. The molecule has 31 heavy (non-hydrogen) atoms. The lowest BCUT2D eigenvalue weighted by atomic mass is 10.1. The average Bonchev–Trinajstić information content (AvgIpc) is 2.73. The molecule has 164 valence electrons. The number of nitriles is 1. The Hall–Kier alpha value is -3.26. The Balaban J connectivity index is 1.94. The Morgan fingerprint density at radius 1 is 1.39 bits per heavy atom. The summed E-state index contributed by atoms with van der Waals surface area (Å²) in [4.78, 5) is 26.5. The highest BCUT2D eigenvalue weighted by Crippen LogP contribution is 2.28. The molecule has 3 rings (SSSR count). The number of nitrogens with two attached hydrogens (primary N) is 1. The summed E-state index contributed by atoms with van der Waals surface area (Å²) in [6.07, 6.45) is 1.07. The van der Waals surface area contributed by atoms with Crippen molar-refractivity contribution in [3.8, 4) is 23.3 Å². The minimum absolute atomic E-state index is 0.0149. The minimum Gasteiger partial charge on any atom is -0.473 e. The van der Waals surface area contributed by atoms with E-state index in [0.29, 0.717) is 37.2 Å². The van der Waals surface area contributed by atoms with E-state index in [1.807, 2.05) is 0 Å². The van der Waals surface area contributed by atoms with Crippen molar-refractivity contribution in [2.24, 2.45) is 0 Å². The second-order valence-corrected chi connectivity index (χ2v) is 7.77. The molecule has 0 spiro atoms. The molecule has 10 heteroatoms. The molecule has 1 saturated heterocycles. The summed E-state index contributed by atoms with van der Waals surface area (Å²) in [5.74, 6) is -0.549. The maximum atomic E-state index is 12.7. The van der Waals surface area contributed by atoms with E-state index < -0.39 is 11.5 Å². The number of hydrogen-bond donors (Lipinski definition) is 3. The SMILES string of the molecule is CC(C)(O)CONC(=O)c1c(N)nc(-c2cccc(C#N)c2)nc1OC1CCOCC1. The van der Waals surface area contributed by atoms with Gasteiger partial charge in [-0.25, -0.2) is 10.5 Å². The van der Waals surface area contributed by atoms with Crippen LogP contribution in [-0.2, 0) is 9.57 Å². The number of amides is 1. The van der Waals surface area contributed by atoms with Crippen LogP contribution in [0.1, 0.15) is 42.6 Å². The number of carbonyl (C=O) groups excluding carboxylic acids is 1. The summed E-state index contributed by atoms with van der Waals surface area (Å²) in [7, 11) is 0. The van der Waals surface area contributed by atoms with Gasteiger partial charge in [0, 0.05) is 18.4 Å². The molecule has 1 aliphatic rings. The molecular formula is C21H25N5O5. The number of hydrogen-bond acceptors (Lipinski definition) is 9. The fourth-order valence-corrected chi connectivity index (χ4v) is 2.89. The topological polar surface area (TPSA) is 153 Å². The third kappa shape index (κ3) is 6.11. The van der Waals surface area contributed by atoms with Gasteiger partial charge in [0.15, 0.2) is 5.82 Å². The zero-order valence-electron chi connectivity index (χ0n) is 17.4. The maximum Gasteiger partial charge on any atom is 0.284 e. The minimum atomic E-state index is -1.13. The molecule has 2 heterocycles. The molecule has 0 atom stereocenters. The normalized spacial score (nSPS) is 14.6. The standard InChI is InChI=1S/C21H25N5O5/c1-21(2,28)12-30-26-19(27)16-17(23)24-18(14-5-3-4-13(10-14)11-22)25-20(16)31-15-6-8-29-9-7-15/h3-5,10,15,28H,6-9,12H2,1-2H3,(H,26,27)(H2,23,24,25). The van der Waals surface area contributed by atoms with Gasteiger partial charge >= 0.3 is 0 Å². The molecule has 1 aromatic carbocycles. The summed E-state index contributed by atoms with van der Waals surface area (Å²) in [6, 6.07) is 8.79. The summed E-state index contributed by atoms with van der Waals surface area (Å²) in [5, 5.41) is 18.9. The van der Waals surface area contributed by atoms with Crippen LogP contribution in [0.4, 0.5) is 5.82 Å². The highest BCUT2D eigenvalue weighted by atomic mass is 16.7. The monoisotopic (exact) mass is 427 g/mol. The number of nitrogens with one attached hydrogen (secondary N) is 1. The van der Waals surface area contributed by atoms with Crippen LogP contribution in [0, 0.1) is 11.3 Å². The van der Waals surface area contributed by atoms with E-state index >= 15 is 0 Å². The third-order valence-corrected chi connectivity index (χ3v) is 4.42. The molecule has 4 N–H and O–H groups in total. The van der Waals surface area contributed by atoms with Crippen molar-refractivity contribution in [1.82, 2.24) is 15.4 Å². The number of carbonyl (C=O) groups is 1. The first-order valence-corrected chi connectivity index (χ1v) is 9.84. The van der Waals surface area contributed by atoms with Crippen molar-refractivity contribution < 1.29 is 24.2 Å². The molecule has 0 unspecified atom stereocenters. The van der Waals surface area contributed by atoms with Crippen LogP contribution in [0.15, 0.2) is 24.3 Å². The number of aromatic nitrogens is 2. The number of benzene rings is 1. The Kier molecular flexibility index (Phi) is 7.02. The molecule has 2 aromatic rings. The fraction of sp³-hybridized carbons (Fsp3) is 0.429. The van der Waals surface area contributed by atoms with E-state index in [4.69, 9.17) is 25.3 Å². The zero-order chi connectivity index (χ0) is 22.4. The first kappa shape index (κ1) is 22.4. The van der Waals surface area contributed by atoms with Crippen molar-refractivity contribution in [2.45, 2.75) is 38.4 Å². The van der Waals surface area contributed by atoms with Crippen LogP contribution in [0.3, 0.4) is 0 Å². The van der Waals surface area contributed by atoms with Gasteiger partial charge in [0.2, 0.25) is 5.88 Å². The van der Waals surface area contributed by atoms with Gasteiger partial charge in [-0.1, -0.05) is 12.1 Å². The summed E-state index contributed by atoms with van der Waals surface area (Å²) >= 11 is 0. The maximum absolute atomic E-state index is 12.7. The highest BCUT2D eigenvalue weighted by Gasteiger charge is 2.26. The lowest BCUT2D eigenvalue weighted by Crippen LogP contribution is -2.34. The molecule has 1 aromatic heterocycles. The van der Waals surface area contributed by atoms with Gasteiger partial charge in [0.25, 0.3) is 5.91 Å². The molecular weight excluding hydrogens is 402 g/mol. The van der Waals surface area contributed by atoms with E-state index in [2.05, 4.69) is 21.5 Å². The fourth-order valence-electron chi connectivity index (χ4n) is 2.89. The second-order valence-electron chi connectivity index (χ2n) is 7.77. The second kappa shape index (κ2) is 9.70. The third-order valence-electron chi connectivity index (χ3n) is 4.42. The molecule has 1 amide bonds. The van der Waals surface area contributed by atoms with Crippen molar-refractivity contribution in [3.05, 3.63) is 35.4 Å². The van der Waals surface area contributed by atoms with Gasteiger partial charge in [-0.15, -0.1) is 0 Å². The van der Waals surface area contributed by atoms with Crippen molar-refractivity contribution in [1.29, 1.82) is 5.26 Å². The van der Waals surface area contributed by atoms with Gasteiger partial charge in [-0.3, -0.25) is 9.63 Å². The van der Waals surface area contributed by atoms with Gasteiger partial charge < -0.3 is 20.3 Å². The van der Waals surface area contributed by atoms with Crippen molar-refractivity contribution >= 4 is 11.7 Å². The Morgan fingerprint density at radius 2 is 2.13 bits per heavy atom. The zero-order valence-corrected chi connectivity index (χ0v) is 17.4. The molecule has 10 nitrogen and oxygen atoms in total. The molecule has 1 aliphatic heterocycles. The molecule has 1 fully saturated rings. The van der Waals surface area contributed by atoms with E-state index in [1.165, 1.54) is 0 Å². The number of hydroxylamine groups is 1. The average molecular weight is 427 g/mol. The Bertz CT molecular complexity index is 977.